The van der Waals surface area contributed by atoms with Crippen LogP contribution < -0.4 is 5.73 Å². The summed E-state index contributed by atoms with van der Waals surface area (Å²) in [4.78, 5) is 14.4. The highest BCUT2D eigenvalue weighted by molar-refractivity contribution is 9.11. The van der Waals surface area contributed by atoms with Crippen molar-refractivity contribution in [3.63, 3.8) is 0 Å². The van der Waals surface area contributed by atoms with Gasteiger partial charge in [-0.05, 0) is 37.9 Å². The van der Waals surface area contributed by atoms with Crippen LogP contribution in [0.4, 0.5) is 8.78 Å². The van der Waals surface area contributed by atoms with Gasteiger partial charge in [-0.15, -0.1) is 0 Å². The number of hydrogen-bond acceptors (Lipinski definition) is 2. The average Bonchev–Trinajstić information content (AvgIpc) is 2.07. The normalized spacial score (nSPS) is 10.6. The second kappa shape index (κ2) is 4.31. The summed E-state index contributed by atoms with van der Waals surface area (Å²) in [6, 6.07) is 1.11. The number of nitrogens with two attached hydrogens (primary N) is 1. The van der Waals surface area contributed by atoms with Crippen LogP contribution in [0.1, 0.15) is 22.5 Å². The number of pyridine rings is 1. The molecule has 0 aliphatic rings. The molecular weight excluding hydrogens is 326 g/mol. The number of amides is 1. The fraction of sp³-hybridized carbons (Fsp3) is 0.143. The maximum Gasteiger partial charge on any atom is 0.268 e. The van der Waals surface area contributed by atoms with Gasteiger partial charge in [0.1, 0.15) is 10.3 Å². The van der Waals surface area contributed by atoms with Crippen LogP contribution in [-0.4, -0.2) is 10.9 Å². The van der Waals surface area contributed by atoms with E-state index >= 15 is 0 Å². The number of carbonyl (C=O) groups is 1. The lowest BCUT2D eigenvalue weighted by molar-refractivity contribution is 0.0993. The molecule has 1 heterocycles. The Labute approximate surface area is 94.9 Å². The van der Waals surface area contributed by atoms with Crippen molar-refractivity contribution in [2.45, 2.75) is 6.43 Å². The average molecular weight is 330 g/mol. The summed E-state index contributed by atoms with van der Waals surface area (Å²) < 4.78 is 24.7. The zero-order chi connectivity index (χ0) is 10.9. The van der Waals surface area contributed by atoms with Crippen LogP contribution in [0.5, 0.6) is 0 Å². The first kappa shape index (κ1) is 11.5. The van der Waals surface area contributed by atoms with Crippen molar-refractivity contribution < 1.29 is 13.6 Å². The maximum absolute atomic E-state index is 12.3. The third-order valence-electron chi connectivity index (χ3n) is 1.43. The van der Waals surface area contributed by atoms with E-state index in [0.717, 1.165) is 6.07 Å². The van der Waals surface area contributed by atoms with E-state index in [1.165, 1.54) is 0 Å². The minimum absolute atomic E-state index is 0.0792. The molecule has 0 unspecified atom stereocenters. The van der Waals surface area contributed by atoms with Crippen LogP contribution in [0.3, 0.4) is 0 Å². The molecule has 7 heteroatoms. The van der Waals surface area contributed by atoms with Crippen molar-refractivity contribution in [1.82, 2.24) is 4.98 Å². The zero-order valence-corrected chi connectivity index (χ0v) is 9.77. The fourth-order valence-corrected chi connectivity index (χ4v) is 1.80. The Morgan fingerprint density at radius 3 is 2.50 bits per heavy atom. The highest BCUT2D eigenvalue weighted by Crippen LogP contribution is 2.29. The molecule has 1 rings (SSSR count). The topological polar surface area (TPSA) is 56.0 Å². The number of alkyl halides is 2. The molecule has 0 saturated carbocycles. The van der Waals surface area contributed by atoms with Gasteiger partial charge in [0.15, 0.2) is 0 Å². The number of rotatable bonds is 2. The molecule has 2 N–H and O–H groups in total. The van der Waals surface area contributed by atoms with Gasteiger partial charge in [-0.1, -0.05) is 0 Å². The van der Waals surface area contributed by atoms with Gasteiger partial charge in [-0.25, -0.2) is 13.8 Å². The number of hydrogen-bond donors (Lipinski definition) is 1. The predicted octanol–water partition coefficient (Wildman–Crippen LogP) is 2.64. The molecule has 3 nitrogen and oxygen atoms in total. The summed E-state index contributed by atoms with van der Waals surface area (Å²) in [7, 11) is 0. The summed E-state index contributed by atoms with van der Waals surface area (Å²) in [5, 5.41) is 0. The van der Waals surface area contributed by atoms with E-state index in [0.29, 0.717) is 0 Å². The van der Waals surface area contributed by atoms with Crippen LogP contribution in [0, 0.1) is 0 Å². The molecule has 0 spiro atoms. The monoisotopic (exact) mass is 328 g/mol. The minimum atomic E-state index is -2.66. The Kier molecular flexibility index (Phi) is 3.54. The van der Waals surface area contributed by atoms with Crippen LogP contribution in [0.2, 0.25) is 0 Å². The molecule has 0 fully saturated rings. The van der Waals surface area contributed by atoms with Crippen molar-refractivity contribution in [3.8, 4) is 0 Å². The van der Waals surface area contributed by atoms with Gasteiger partial charge >= 0.3 is 0 Å². The lowest BCUT2D eigenvalue weighted by Gasteiger charge is -2.05. The summed E-state index contributed by atoms with van der Waals surface area (Å²) >= 11 is 5.76. The third kappa shape index (κ3) is 2.27. The van der Waals surface area contributed by atoms with E-state index in [9.17, 15) is 13.6 Å². The van der Waals surface area contributed by atoms with E-state index in [1.807, 2.05) is 0 Å². The van der Waals surface area contributed by atoms with Crippen molar-refractivity contribution in [2.24, 2.45) is 5.73 Å². The summed E-state index contributed by atoms with van der Waals surface area (Å²) in [6.45, 7) is 0. The van der Waals surface area contributed by atoms with Gasteiger partial charge in [0.25, 0.3) is 12.3 Å². The Balaban J connectivity index is 3.31. The first-order chi connectivity index (χ1) is 6.43. The van der Waals surface area contributed by atoms with E-state index in [2.05, 4.69) is 36.8 Å². The molecule has 76 valence electrons. The molecule has 0 atom stereocenters. The third-order valence-corrected chi connectivity index (χ3v) is 2.66. The molecule has 14 heavy (non-hydrogen) atoms. The first-order valence-electron chi connectivity index (χ1n) is 3.37. The molecule has 0 aliphatic heterocycles. The number of halogens is 4. The van der Waals surface area contributed by atoms with Crippen molar-refractivity contribution in [2.75, 3.05) is 0 Å². The van der Waals surface area contributed by atoms with Gasteiger partial charge in [-0.3, -0.25) is 4.79 Å². The number of carbonyl (C=O) groups excluding carboxylic acids is 1. The molecular formula is C7H4Br2F2N2O. The predicted molar refractivity (Wildman–Crippen MR) is 53.1 cm³/mol. The quantitative estimate of drug-likeness (QED) is 0.848. The lowest BCUT2D eigenvalue weighted by Crippen LogP contribution is -2.14. The lowest BCUT2D eigenvalue weighted by atomic mass is 10.2. The number of aromatic nitrogens is 1. The maximum atomic E-state index is 12.3. The van der Waals surface area contributed by atoms with E-state index < -0.39 is 12.3 Å². The van der Waals surface area contributed by atoms with Crippen LogP contribution >= 0.6 is 31.9 Å². The molecule has 0 aromatic carbocycles. The second-order valence-corrected chi connectivity index (χ2v) is 3.97. The molecule has 1 aromatic heterocycles. The highest BCUT2D eigenvalue weighted by Gasteiger charge is 2.17. The molecule has 1 amide bonds. The Hall–Kier alpha value is -0.560. The van der Waals surface area contributed by atoms with Gasteiger partial charge < -0.3 is 5.73 Å². The number of nitrogens with zero attached hydrogens (tertiary/aromatic N) is 1. The van der Waals surface area contributed by atoms with Gasteiger partial charge in [0, 0.05) is 4.47 Å². The van der Waals surface area contributed by atoms with Crippen LogP contribution in [0.15, 0.2) is 15.1 Å². The smallest absolute Gasteiger partial charge is 0.268 e. The summed E-state index contributed by atoms with van der Waals surface area (Å²) in [5.41, 5.74) is 4.60. The van der Waals surface area contributed by atoms with Crippen molar-refractivity contribution in [1.29, 1.82) is 0 Å². The van der Waals surface area contributed by atoms with Gasteiger partial charge in [-0.2, -0.15) is 0 Å². The van der Waals surface area contributed by atoms with Gasteiger partial charge in [0.05, 0.1) is 5.56 Å². The Morgan fingerprint density at radius 2 is 2.07 bits per heavy atom. The van der Waals surface area contributed by atoms with E-state index in [4.69, 9.17) is 5.73 Å². The summed E-state index contributed by atoms with van der Waals surface area (Å²) in [5.74, 6) is -0.779. The Bertz CT molecular complexity index is 384. The molecule has 1 aromatic rings. The highest BCUT2D eigenvalue weighted by atomic mass is 79.9. The standard InChI is InChI=1S/C7H4Br2F2N2O/c8-3-1-2(6(10)11)5(9)13-4(3)7(12)14/h1,6H,(H2,12,14). The number of primary amides is 1. The van der Waals surface area contributed by atoms with E-state index in [-0.39, 0.29) is 20.3 Å². The molecule has 0 bridgehead atoms. The molecule has 0 saturated heterocycles. The first-order valence-corrected chi connectivity index (χ1v) is 4.96. The van der Waals surface area contributed by atoms with Crippen molar-refractivity contribution >= 4 is 37.8 Å². The molecule has 0 radical (unpaired) electrons. The van der Waals surface area contributed by atoms with Crippen LogP contribution in [-0.2, 0) is 0 Å². The fourth-order valence-electron chi connectivity index (χ4n) is 0.806. The zero-order valence-electron chi connectivity index (χ0n) is 6.60. The van der Waals surface area contributed by atoms with Gasteiger partial charge in [0.2, 0.25) is 0 Å². The minimum Gasteiger partial charge on any atom is -0.364 e. The van der Waals surface area contributed by atoms with E-state index in [1.54, 1.807) is 0 Å². The Morgan fingerprint density at radius 1 is 1.50 bits per heavy atom. The van der Waals surface area contributed by atoms with Crippen molar-refractivity contribution in [3.05, 3.63) is 26.4 Å². The largest absolute Gasteiger partial charge is 0.364 e. The SMILES string of the molecule is NC(=O)c1nc(Br)c(C(F)F)cc1Br. The van der Waals surface area contributed by atoms with Crippen LogP contribution in [0.25, 0.3) is 0 Å². The molecule has 0 aliphatic carbocycles. The summed E-state index contributed by atoms with van der Waals surface area (Å²) in [6.07, 6.45) is -2.66. The second-order valence-electron chi connectivity index (χ2n) is 2.36.